The van der Waals surface area contributed by atoms with E-state index in [1.54, 1.807) is 36.7 Å². The lowest BCUT2D eigenvalue weighted by Crippen LogP contribution is -2.20. The van der Waals surface area contributed by atoms with Crippen LogP contribution in [0.3, 0.4) is 0 Å². The van der Waals surface area contributed by atoms with Crippen molar-refractivity contribution in [3.05, 3.63) is 104 Å². The van der Waals surface area contributed by atoms with Crippen LogP contribution in [-0.2, 0) is 0 Å². The molecule has 0 saturated heterocycles. The van der Waals surface area contributed by atoms with Gasteiger partial charge < -0.3 is 21.6 Å². The van der Waals surface area contributed by atoms with E-state index in [9.17, 15) is 0 Å². The zero-order chi connectivity index (χ0) is 26.5. The third kappa shape index (κ3) is 10.4. The highest BCUT2D eigenvalue weighted by molar-refractivity contribution is 6.33. The molecule has 0 unspecified atom stereocenters. The van der Waals surface area contributed by atoms with Gasteiger partial charge in [0.05, 0.1) is 16.4 Å². The minimum Gasteiger partial charge on any atom is -0.370 e. The molecule has 4 rings (SSSR count). The van der Waals surface area contributed by atoms with E-state index in [-0.39, 0.29) is 5.96 Å². The van der Waals surface area contributed by atoms with E-state index in [0.29, 0.717) is 26.8 Å². The fourth-order valence-electron chi connectivity index (χ4n) is 2.54. The van der Waals surface area contributed by atoms with Gasteiger partial charge in [-0.25, -0.2) is 15.0 Å². The molecule has 0 aliphatic carbocycles. The molecule has 14 heteroatoms. The molecular formula is C22H19Cl3N8O3. The number of nitrogens with one attached hydrogen (secondary N) is 3. The fraction of sp³-hybridized carbons (Fsp3) is 0. The summed E-state index contributed by atoms with van der Waals surface area (Å²) in [6, 6.07) is 19.9. The van der Waals surface area contributed by atoms with Crippen LogP contribution < -0.4 is 16.4 Å². The average molecular weight is 550 g/mol. The van der Waals surface area contributed by atoms with Crippen molar-refractivity contribution < 1.29 is 10.3 Å². The molecule has 0 aliphatic heterocycles. The number of halogens is 3. The number of rotatable bonds is 4. The second kappa shape index (κ2) is 14.3. The number of aromatic nitrogens is 3. The number of benzene rings is 2. The van der Waals surface area contributed by atoms with Gasteiger partial charge in [0.15, 0.2) is 5.96 Å². The smallest absolute Gasteiger partial charge is 0.291 e. The third-order valence-electron chi connectivity index (χ3n) is 3.90. The minimum atomic E-state index is -1.50. The first-order chi connectivity index (χ1) is 17.1. The average Bonchev–Trinajstić information content (AvgIpc) is 2.81. The first kappa shape index (κ1) is 28.1. The van der Waals surface area contributed by atoms with E-state index in [4.69, 9.17) is 61.3 Å². The van der Waals surface area contributed by atoms with Gasteiger partial charge in [0.2, 0.25) is 5.95 Å². The summed E-state index contributed by atoms with van der Waals surface area (Å²) in [7, 11) is 0. The number of anilines is 3. The topological polar surface area (TPSA) is 176 Å². The summed E-state index contributed by atoms with van der Waals surface area (Å²) in [5.74, 6) is 0.376. The Hall–Kier alpha value is -4.19. The van der Waals surface area contributed by atoms with Gasteiger partial charge in [0.25, 0.3) is 5.09 Å². The van der Waals surface area contributed by atoms with Gasteiger partial charge in [-0.15, -0.1) is 10.1 Å². The van der Waals surface area contributed by atoms with Crippen molar-refractivity contribution in [3.8, 4) is 11.3 Å². The fourth-order valence-corrected chi connectivity index (χ4v) is 3.09. The number of para-hydroxylation sites is 1. The van der Waals surface area contributed by atoms with Crippen molar-refractivity contribution in [1.82, 2.24) is 15.0 Å². The Labute approximate surface area is 220 Å². The SMILES string of the molecule is Clc1cccc(Nc2nccc(-c3ccnc(Cl)c3)n2)c1.N=C(N)Nc1ccccc1Cl.O=[N+]([O-])O. The molecule has 0 atom stereocenters. The van der Waals surface area contributed by atoms with Crippen LogP contribution in [0, 0.1) is 15.5 Å². The zero-order valence-electron chi connectivity index (χ0n) is 18.3. The summed E-state index contributed by atoms with van der Waals surface area (Å²) < 4.78 is 0. The number of hydrogen-bond acceptors (Lipinski definition) is 7. The Kier molecular flexibility index (Phi) is 11.1. The van der Waals surface area contributed by atoms with Crippen LogP contribution in [0.15, 0.2) is 79.1 Å². The second-order valence-electron chi connectivity index (χ2n) is 6.52. The van der Waals surface area contributed by atoms with Crippen molar-refractivity contribution in [3.63, 3.8) is 0 Å². The summed E-state index contributed by atoms with van der Waals surface area (Å²) >= 11 is 17.6. The van der Waals surface area contributed by atoms with Crippen LogP contribution in [0.4, 0.5) is 17.3 Å². The molecule has 0 bridgehead atoms. The molecular weight excluding hydrogens is 531 g/mol. The van der Waals surface area contributed by atoms with Crippen molar-refractivity contribution in [2.45, 2.75) is 0 Å². The quantitative estimate of drug-likeness (QED) is 0.0683. The molecule has 6 N–H and O–H groups in total. The molecule has 0 spiro atoms. The summed E-state index contributed by atoms with van der Waals surface area (Å²) in [5, 5.41) is 27.9. The third-order valence-corrected chi connectivity index (χ3v) is 4.67. The Balaban J connectivity index is 0.000000255. The highest BCUT2D eigenvalue weighted by atomic mass is 35.5. The number of nitrogens with zero attached hydrogens (tertiary/aromatic N) is 4. The van der Waals surface area contributed by atoms with Crippen LogP contribution in [0.25, 0.3) is 11.3 Å². The molecule has 2 aromatic carbocycles. The predicted molar refractivity (Wildman–Crippen MR) is 141 cm³/mol. The number of nitrogens with two attached hydrogens (primary N) is 1. The van der Waals surface area contributed by atoms with E-state index in [2.05, 4.69) is 25.6 Å². The molecule has 36 heavy (non-hydrogen) atoms. The maximum atomic E-state index is 8.36. The first-order valence-electron chi connectivity index (χ1n) is 9.80. The van der Waals surface area contributed by atoms with E-state index < -0.39 is 5.09 Å². The Morgan fingerprint density at radius 3 is 2.33 bits per heavy atom. The molecule has 11 nitrogen and oxygen atoms in total. The Morgan fingerprint density at radius 1 is 1.00 bits per heavy atom. The normalized spacial score (nSPS) is 9.53. The molecule has 0 aliphatic rings. The van der Waals surface area contributed by atoms with Gasteiger partial charge in [0.1, 0.15) is 5.15 Å². The maximum absolute atomic E-state index is 8.36. The molecule has 0 radical (unpaired) electrons. The summed E-state index contributed by atoms with van der Waals surface area (Å²) in [5.41, 5.74) is 8.23. The molecule has 2 heterocycles. The lowest BCUT2D eigenvalue weighted by molar-refractivity contribution is -0.742. The number of guanidine groups is 1. The van der Waals surface area contributed by atoms with Crippen LogP contribution in [-0.4, -0.2) is 31.2 Å². The van der Waals surface area contributed by atoms with Crippen molar-refractivity contribution >= 4 is 58.1 Å². The van der Waals surface area contributed by atoms with Crippen molar-refractivity contribution in [2.24, 2.45) is 5.73 Å². The maximum Gasteiger partial charge on any atom is 0.291 e. The number of hydrogen-bond donors (Lipinski definition) is 5. The van der Waals surface area contributed by atoms with Crippen LogP contribution >= 0.6 is 34.8 Å². The summed E-state index contributed by atoms with van der Waals surface area (Å²) in [4.78, 5) is 21.0. The van der Waals surface area contributed by atoms with Gasteiger partial charge in [-0.3, -0.25) is 5.41 Å². The van der Waals surface area contributed by atoms with Crippen molar-refractivity contribution in [1.29, 1.82) is 5.41 Å². The highest BCUT2D eigenvalue weighted by Gasteiger charge is 2.04. The van der Waals surface area contributed by atoms with E-state index >= 15 is 0 Å². The largest absolute Gasteiger partial charge is 0.370 e. The molecule has 0 saturated carbocycles. The molecule has 0 amide bonds. The zero-order valence-corrected chi connectivity index (χ0v) is 20.5. The lowest BCUT2D eigenvalue weighted by atomic mass is 10.2. The summed E-state index contributed by atoms with van der Waals surface area (Å²) in [6.07, 6.45) is 3.33. The van der Waals surface area contributed by atoms with Crippen molar-refractivity contribution in [2.75, 3.05) is 10.6 Å². The Bertz CT molecular complexity index is 1320. The molecule has 4 aromatic rings. The molecule has 2 aromatic heterocycles. The van der Waals surface area contributed by atoms with Gasteiger partial charge >= 0.3 is 0 Å². The van der Waals surface area contributed by atoms with Crippen LogP contribution in [0.2, 0.25) is 15.2 Å². The highest BCUT2D eigenvalue weighted by Crippen LogP contribution is 2.22. The van der Waals surface area contributed by atoms with Gasteiger partial charge in [-0.05, 0) is 48.5 Å². The lowest BCUT2D eigenvalue weighted by Gasteiger charge is -2.07. The van der Waals surface area contributed by atoms with Gasteiger partial charge in [-0.2, -0.15) is 0 Å². The van der Waals surface area contributed by atoms with E-state index in [1.807, 2.05) is 42.5 Å². The van der Waals surface area contributed by atoms with Crippen LogP contribution in [0.1, 0.15) is 0 Å². The molecule has 186 valence electrons. The molecule has 0 fully saturated rings. The Morgan fingerprint density at radius 2 is 1.69 bits per heavy atom. The number of pyridine rings is 1. The monoisotopic (exact) mass is 548 g/mol. The standard InChI is InChI=1S/C15H10Cl2N4.C7H8ClN3.HNO3/c16-11-2-1-3-12(9-11)20-15-19-7-5-13(21-15)10-4-6-18-14(17)8-10;8-5-3-1-2-4-6(5)11-7(9)10;2-1(3)4/h1-9H,(H,19,20,21);1-4H,(H4,9,10,11);(H,2,3,4). The summed E-state index contributed by atoms with van der Waals surface area (Å²) in [6.45, 7) is 0. The second-order valence-corrected chi connectivity index (χ2v) is 7.76. The van der Waals surface area contributed by atoms with E-state index in [0.717, 1.165) is 16.9 Å². The minimum absolute atomic E-state index is 0.113. The van der Waals surface area contributed by atoms with Gasteiger partial charge in [0, 0.05) is 28.7 Å². The first-order valence-corrected chi connectivity index (χ1v) is 10.9. The predicted octanol–water partition coefficient (Wildman–Crippen LogP) is 5.89. The van der Waals surface area contributed by atoms with Crippen LogP contribution in [0.5, 0.6) is 0 Å². The van der Waals surface area contributed by atoms with Gasteiger partial charge in [-0.1, -0.05) is 53.0 Å². The van der Waals surface area contributed by atoms with E-state index in [1.165, 1.54) is 0 Å².